The van der Waals surface area contributed by atoms with Gasteiger partial charge in [0.2, 0.25) is 5.82 Å². The summed E-state index contributed by atoms with van der Waals surface area (Å²) in [5.74, 6) is -1.52. The number of ether oxygens (including phenoxy) is 2. The van der Waals surface area contributed by atoms with Crippen LogP contribution in [0.2, 0.25) is 0 Å². The van der Waals surface area contributed by atoms with Crippen molar-refractivity contribution >= 4 is 29.5 Å². The van der Waals surface area contributed by atoms with Crippen molar-refractivity contribution in [3.05, 3.63) is 11.6 Å². The maximum absolute atomic E-state index is 11.4. The SMILES string of the molecule is CN(C)C(CCOc1nsnc1N1CCOCC1)C(=CC(=O)O)C(=O)O. The zero-order valence-corrected chi connectivity index (χ0v) is 15.4. The summed E-state index contributed by atoms with van der Waals surface area (Å²) >= 11 is 1.04. The number of likely N-dealkylation sites (N-methyl/N-ethyl adjacent to an activating group) is 1. The monoisotopic (exact) mass is 386 g/mol. The summed E-state index contributed by atoms with van der Waals surface area (Å²) in [5, 5.41) is 18.2. The number of anilines is 1. The van der Waals surface area contributed by atoms with Crippen molar-refractivity contribution in [1.29, 1.82) is 0 Å². The minimum atomic E-state index is -1.30. The highest BCUT2D eigenvalue weighted by Crippen LogP contribution is 2.26. The lowest BCUT2D eigenvalue weighted by atomic mass is 10.0. The molecule has 26 heavy (non-hydrogen) atoms. The molecule has 0 amide bonds. The lowest BCUT2D eigenvalue weighted by Gasteiger charge is -2.27. The Labute approximate surface area is 155 Å². The fraction of sp³-hybridized carbons (Fsp3) is 0.600. The minimum absolute atomic E-state index is 0.176. The Morgan fingerprint density at radius 3 is 2.62 bits per heavy atom. The average molecular weight is 386 g/mol. The largest absolute Gasteiger partial charge is 0.478 e. The Morgan fingerprint density at radius 2 is 2.04 bits per heavy atom. The molecule has 2 rings (SSSR count). The third-order valence-electron chi connectivity index (χ3n) is 3.89. The van der Waals surface area contributed by atoms with Gasteiger partial charge in [-0.2, -0.15) is 4.37 Å². The molecule has 0 spiro atoms. The van der Waals surface area contributed by atoms with Crippen molar-refractivity contribution < 1.29 is 29.3 Å². The fourth-order valence-electron chi connectivity index (χ4n) is 2.63. The highest BCUT2D eigenvalue weighted by molar-refractivity contribution is 6.99. The number of hydrogen-bond acceptors (Lipinski definition) is 9. The van der Waals surface area contributed by atoms with Crippen molar-refractivity contribution in [2.24, 2.45) is 0 Å². The number of morpholine rings is 1. The standard InChI is InChI=1S/C15H22N4O6S/c1-18(2)11(10(15(22)23)9-12(20)21)3-6-25-14-13(16-26-17-14)19-4-7-24-8-5-19/h9,11H,3-8H2,1-2H3,(H,20,21)(H,22,23). The second kappa shape index (κ2) is 9.46. The average Bonchev–Trinajstić information content (AvgIpc) is 3.05. The summed E-state index contributed by atoms with van der Waals surface area (Å²) in [6, 6.07) is -0.609. The third-order valence-corrected chi connectivity index (χ3v) is 4.39. The zero-order chi connectivity index (χ0) is 19.1. The van der Waals surface area contributed by atoms with Gasteiger partial charge >= 0.3 is 11.9 Å². The van der Waals surface area contributed by atoms with Gasteiger partial charge in [0.15, 0.2) is 0 Å². The van der Waals surface area contributed by atoms with E-state index in [1.165, 1.54) is 0 Å². The summed E-state index contributed by atoms with van der Waals surface area (Å²) in [5.41, 5.74) is -0.198. The highest BCUT2D eigenvalue weighted by atomic mass is 32.1. The molecule has 1 unspecified atom stereocenters. The Kier molecular flexibility index (Phi) is 7.30. The van der Waals surface area contributed by atoms with E-state index in [0.29, 0.717) is 44.4 Å². The molecule has 1 aromatic heterocycles. The van der Waals surface area contributed by atoms with Crippen LogP contribution in [0.3, 0.4) is 0 Å². The number of rotatable bonds is 9. The molecule has 0 radical (unpaired) electrons. The molecule has 11 heteroatoms. The van der Waals surface area contributed by atoms with Crippen LogP contribution in [0.1, 0.15) is 6.42 Å². The van der Waals surface area contributed by atoms with Gasteiger partial charge in [0, 0.05) is 31.6 Å². The lowest BCUT2D eigenvalue weighted by Crippen LogP contribution is -2.37. The van der Waals surface area contributed by atoms with Crippen LogP contribution in [0.15, 0.2) is 11.6 Å². The normalized spacial score (nSPS) is 16.6. The van der Waals surface area contributed by atoms with E-state index >= 15 is 0 Å². The third kappa shape index (κ3) is 5.38. The van der Waals surface area contributed by atoms with Gasteiger partial charge in [0.05, 0.1) is 37.1 Å². The van der Waals surface area contributed by atoms with Crippen molar-refractivity contribution in [3.8, 4) is 5.88 Å². The first-order chi connectivity index (χ1) is 12.4. The van der Waals surface area contributed by atoms with Crippen molar-refractivity contribution in [1.82, 2.24) is 13.6 Å². The van der Waals surface area contributed by atoms with E-state index in [2.05, 4.69) is 8.75 Å². The number of carboxylic acid groups (broad SMARTS) is 2. The van der Waals surface area contributed by atoms with Crippen LogP contribution in [0.4, 0.5) is 5.82 Å². The topological polar surface area (TPSA) is 125 Å². The van der Waals surface area contributed by atoms with Crippen LogP contribution >= 0.6 is 11.7 Å². The van der Waals surface area contributed by atoms with Gasteiger partial charge in [-0.3, -0.25) is 0 Å². The van der Waals surface area contributed by atoms with Crippen LogP contribution in [0.5, 0.6) is 5.88 Å². The van der Waals surface area contributed by atoms with Crippen molar-refractivity contribution in [3.63, 3.8) is 0 Å². The first-order valence-electron chi connectivity index (χ1n) is 8.02. The van der Waals surface area contributed by atoms with E-state index < -0.39 is 18.0 Å². The summed E-state index contributed by atoms with van der Waals surface area (Å²) in [6.45, 7) is 2.80. The Bertz CT molecular complexity index is 656. The predicted octanol–water partition coefficient (Wildman–Crippen LogP) is 0.169. The second-order valence-electron chi connectivity index (χ2n) is 5.85. The molecule has 1 saturated heterocycles. The maximum atomic E-state index is 11.4. The molecule has 1 aromatic rings. The van der Waals surface area contributed by atoms with E-state index in [0.717, 1.165) is 17.8 Å². The predicted molar refractivity (Wildman–Crippen MR) is 93.9 cm³/mol. The molecular weight excluding hydrogens is 364 g/mol. The highest BCUT2D eigenvalue weighted by Gasteiger charge is 2.25. The van der Waals surface area contributed by atoms with E-state index in [1.54, 1.807) is 19.0 Å². The summed E-state index contributed by atoms with van der Waals surface area (Å²) < 4.78 is 19.4. The van der Waals surface area contributed by atoms with Gasteiger partial charge in [-0.1, -0.05) is 0 Å². The number of aliphatic carboxylic acids is 2. The molecule has 1 fully saturated rings. The summed E-state index contributed by atoms with van der Waals surface area (Å²) in [4.78, 5) is 26.0. The van der Waals surface area contributed by atoms with E-state index in [9.17, 15) is 14.7 Å². The number of hydrogen-bond donors (Lipinski definition) is 2. The number of aromatic nitrogens is 2. The Balaban J connectivity index is 2.01. The Morgan fingerprint density at radius 1 is 1.35 bits per heavy atom. The van der Waals surface area contributed by atoms with E-state index in [1.807, 2.05) is 4.90 Å². The van der Waals surface area contributed by atoms with Gasteiger partial charge < -0.3 is 29.5 Å². The lowest BCUT2D eigenvalue weighted by molar-refractivity contribution is -0.135. The van der Waals surface area contributed by atoms with Gasteiger partial charge in [-0.05, 0) is 14.1 Å². The molecule has 10 nitrogen and oxygen atoms in total. The molecule has 1 aliphatic rings. The Hall–Kier alpha value is -2.24. The van der Waals surface area contributed by atoms with Crippen molar-refractivity contribution in [2.75, 3.05) is 51.9 Å². The molecule has 1 atom stereocenters. The summed E-state index contributed by atoms with van der Waals surface area (Å²) in [6.07, 6.45) is 1.01. The molecule has 2 N–H and O–H groups in total. The first kappa shape index (κ1) is 20.1. The number of nitrogens with zero attached hydrogens (tertiary/aromatic N) is 4. The molecule has 0 bridgehead atoms. The first-order valence-corrected chi connectivity index (χ1v) is 8.75. The minimum Gasteiger partial charge on any atom is -0.478 e. The fourth-order valence-corrected chi connectivity index (χ4v) is 3.15. The molecule has 0 saturated carbocycles. The quantitative estimate of drug-likeness (QED) is 0.567. The zero-order valence-electron chi connectivity index (χ0n) is 14.6. The molecule has 144 valence electrons. The maximum Gasteiger partial charge on any atom is 0.333 e. The molecule has 0 aliphatic carbocycles. The molecule has 1 aliphatic heterocycles. The summed E-state index contributed by atoms with van der Waals surface area (Å²) in [7, 11) is 3.37. The van der Waals surface area contributed by atoms with Crippen LogP contribution in [-0.4, -0.2) is 88.8 Å². The van der Waals surface area contributed by atoms with Crippen LogP contribution < -0.4 is 9.64 Å². The van der Waals surface area contributed by atoms with Gasteiger partial charge in [0.1, 0.15) is 0 Å². The van der Waals surface area contributed by atoms with Crippen LogP contribution in [0.25, 0.3) is 0 Å². The van der Waals surface area contributed by atoms with Crippen LogP contribution in [0, 0.1) is 0 Å². The van der Waals surface area contributed by atoms with Crippen LogP contribution in [-0.2, 0) is 14.3 Å². The number of carbonyl (C=O) groups is 2. The smallest absolute Gasteiger partial charge is 0.333 e. The number of carboxylic acids is 2. The van der Waals surface area contributed by atoms with Gasteiger partial charge in [-0.15, -0.1) is 4.37 Å². The van der Waals surface area contributed by atoms with Gasteiger partial charge in [0.25, 0.3) is 5.88 Å². The van der Waals surface area contributed by atoms with E-state index in [-0.39, 0.29) is 12.2 Å². The second-order valence-corrected chi connectivity index (χ2v) is 6.38. The van der Waals surface area contributed by atoms with E-state index in [4.69, 9.17) is 14.6 Å². The van der Waals surface area contributed by atoms with Gasteiger partial charge in [-0.25, -0.2) is 9.59 Å². The molecular formula is C15H22N4O6S. The molecule has 2 heterocycles. The van der Waals surface area contributed by atoms with Crippen molar-refractivity contribution in [2.45, 2.75) is 12.5 Å². The molecule has 0 aromatic carbocycles.